The molecule has 32 heavy (non-hydrogen) atoms. The van der Waals surface area contributed by atoms with Gasteiger partial charge in [-0.1, -0.05) is 72.9 Å². The van der Waals surface area contributed by atoms with Crippen LogP contribution in [0.25, 0.3) is 0 Å². The van der Waals surface area contributed by atoms with Crippen molar-refractivity contribution in [3.8, 4) is 0 Å². The summed E-state index contributed by atoms with van der Waals surface area (Å²) in [6.45, 7) is 0.669. The Morgan fingerprint density at radius 1 is 0.906 bits per heavy atom. The number of urea groups is 1. The molecule has 0 unspecified atom stereocenters. The van der Waals surface area contributed by atoms with Crippen LogP contribution in [-0.4, -0.2) is 36.7 Å². The second kappa shape index (κ2) is 7.89. The first-order chi connectivity index (χ1) is 15.4. The van der Waals surface area contributed by atoms with E-state index in [9.17, 15) is 13.2 Å². The standard InChI is InChI=1S/C24H17N3O3S2/c28-24-25-21(16-7-3-1-4-8-16)22(26-24)32(29,30)19-11-12-20-18(15-19)13-14-27(20)23(31)17-9-5-2-6-10-17/h1-12,15H,13-14H2. The summed E-state index contributed by atoms with van der Waals surface area (Å²) in [4.78, 5) is 22.3. The predicted octanol–water partition coefficient (Wildman–Crippen LogP) is 4.22. The van der Waals surface area contributed by atoms with Gasteiger partial charge in [-0.2, -0.15) is 9.98 Å². The molecule has 0 aromatic heterocycles. The minimum Gasteiger partial charge on any atom is -0.332 e. The first-order valence-corrected chi connectivity index (χ1v) is 11.9. The molecule has 0 spiro atoms. The Morgan fingerprint density at radius 2 is 1.59 bits per heavy atom. The maximum Gasteiger partial charge on any atom is 0.369 e. The number of carbonyl (C=O) groups is 1. The van der Waals surface area contributed by atoms with E-state index in [1.54, 1.807) is 42.5 Å². The van der Waals surface area contributed by atoms with Crippen LogP contribution in [0, 0.1) is 0 Å². The van der Waals surface area contributed by atoms with Gasteiger partial charge in [-0.25, -0.2) is 13.2 Å². The highest BCUT2D eigenvalue weighted by molar-refractivity contribution is 8.08. The fraction of sp³-hybridized carbons (Fsp3) is 0.0833. The quantitative estimate of drug-likeness (QED) is 0.548. The number of sulfone groups is 1. The number of nitrogens with zero attached hydrogens (tertiary/aromatic N) is 3. The van der Waals surface area contributed by atoms with Crippen LogP contribution in [0.4, 0.5) is 10.5 Å². The summed E-state index contributed by atoms with van der Waals surface area (Å²) in [5.41, 5.74) is 3.31. The fourth-order valence-corrected chi connectivity index (χ4v) is 5.59. The summed E-state index contributed by atoms with van der Waals surface area (Å²) in [7, 11) is -4.03. The van der Waals surface area contributed by atoms with Crippen molar-refractivity contribution in [1.82, 2.24) is 0 Å². The third-order valence-corrected chi connectivity index (χ3v) is 7.56. The zero-order chi connectivity index (χ0) is 22.3. The van der Waals surface area contributed by atoms with Gasteiger partial charge in [0.1, 0.15) is 10.7 Å². The van der Waals surface area contributed by atoms with Gasteiger partial charge < -0.3 is 4.90 Å². The first kappa shape index (κ1) is 20.4. The molecule has 0 atom stereocenters. The Balaban J connectivity index is 1.49. The summed E-state index contributed by atoms with van der Waals surface area (Å²) in [5, 5.41) is -0.316. The van der Waals surface area contributed by atoms with Crippen molar-refractivity contribution in [2.24, 2.45) is 9.98 Å². The molecule has 0 saturated heterocycles. The van der Waals surface area contributed by atoms with Crippen molar-refractivity contribution in [2.75, 3.05) is 11.4 Å². The van der Waals surface area contributed by atoms with Crippen LogP contribution in [0.5, 0.6) is 0 Å². The maximum atomic E-state index is 13.4. The third kappa shape index (κ3) is 3.47. The first-order valence-electron chi connectivity index (χ1n) is 9.97. The Bertz CT molecular complexity index is 1410. The number of hydrogen-bond donors (Lipinski definition) is 0. The molecule has 3 aromatic rings. The minimum atomic E-state index is -4.03. The fourth-order valence-electron chi connectivity index (χ4n) is 3.88. The number of hydrogen-bond acceptors (Lipinski definition) is 4. The molecule has 6 nitrogen and oxygen atoms in total. The number of anilines is 1. The van der Waals surface area contributed by atoms with E-state index in [4.69, 9.17) is 12.2 Å². The Hall–Kier alpha value is -3.49. The van der Waals surface area contributed by atoms with Gasteiger partial charge in [-0.15, -0.1) is 0 Å². The molecule has 0 bridgehead atoms. The molecule has 2 heterocycles. The lowest BCUT2D eigenvalue weighted by molar-refractivity contribution is 0.257. The van der Waals surface area contributed by atoms with E-state index in [0.717, 1.165) is 16.8 Å². The largest absolute Gasteiger partial charge is 0.369 e. The van der Waals surface area contributed by atoms with Gasteiger partial charge in [0.25, 0.3) is 0 Å². The summed E-state index contributed by atoms with van der Waals surface area (Å²) in [6.07, 6.45) is 0.663. The average Bonchev–Trinajstić information content (AvgIpc) is 3.43. The number of benzene rings is 3. The molecule has 8 heteroatoms. The van der Waals surface area contributed by atoms with E-state index >= 15 is 0 Å². The Morgan fingerprint density at radius 3 is 2.31 bits per heavy atom. The smallest absolute Gasteiger partial charge is 0.332 e. The number of rotatable bonds is 3. The van der Waals surface area contributed by atoms with Gasteiger partial charge in [0.05, 0.1) is 4.90 Å². The molecule has 3 aromatic carbocycles. The zero-order valence-electron chi connectivity index (χ0n) is 16.8. The molecule has 0 saturated carbocycles. The van der Waals surface area contributed by atoms with Crippen LogP contribution < -0.4 is 4.90 Å². The molecule has 5 rings (SSSR count). The molecule has 2 aliphatic rings. The van der Waals surface area contributed by atoms with E-state index in [2.05, 4.69) is 9.98 Å². The van der Waals surface area contributed by atoms with E-state index in [0.29, 0.717) is 23.5 Å². The second-order valence-corrected chi connectivity index (χ2v) is 9.64. The van der Waals surface area contributed by atoms with Crippen molar-refractivity contribution in [3.63, 3.8) is 0 Å². The highest BCUT2D eigenvalue weighted by Crippen LogP contribution is 2.33. The van der Waals surface area contributed by atoms with Gasteiger partial charge in [0.15, 0.2) is 5.04 Å². The molecular formula is C24H17N3O3S2. The van der Waals surface area contributed by atoms with Crippen molar-refractivity contribution < 1.29 is 13.2 Å². The molecule has 2 amide bonds. The maximum absolute atomic E-state index is 13.4. The normalized spacial score (nSPS) is 15.4. The topological polar surface area (TPSA) is 79.2 Å². The van der Waals surface area contributed by atoms with Crippen LogP contribution in [0.2, 0.25) is 0 Å². The lowest BCUT2D eigenvalue weighted by atomic mass is 10.1. The number of aliphatic imine (C=N–C) groups is 2. The molecule has 0 fully saturated rings. The number of amides is 2. The predicted molar refractivity (Wildman–Crippen MR) is 129 cm³/mol. The van der Waals surface area contributed by atoms with E-state index in [1.165, 1.54) is 6.07 Å². The third-order valence-electron chi connectivity index (χ3n) is 5.43. The van der Waals surface area contributed by atoms with Crippen molar-refractivity contribution in [2.45, 2.75) is 11.3 Å². The van der Waals surface area contributed by atoms with Gasteiger partial charge in [0.2, 0.25) is 9.84 Å². The lowest BCUT2D eigenvalue weighted by Crippen LogP contribution is -2.27. The van der Waals surface area contributed by atoms with Gasteiger partial charge in [0, 0.05) is 23.4 Å². The van der Waals surface area contributed by atoms with E-state index in [-0.39, 0.29) is 15.7 Å². The summed E-state index contributed by atoms with van der Waals surface area (Å²) >= 11 is 5.67. The van der Waals surface area contributed by atoms with Gasteiger partial charge in [-0.05, 0) is 30.2 Å². The molecule has 158 valence electrons. The number of thiocarbonyl (C=S) groups is 1. The minimum absolute atomic E-state index is 0.0722. The lowest BCUT2D eigenvalue weighted by Gasteiger charge is -2.20. The van der Waals surface area contributed by atoms with Gasteiger partial charge >= 0.3 is 6.03 Å². The highest BCUT2D eigenvalue weighted by Gasteiger charge is 2.34. The van der Waals surface area contributed by atoms with Crippen LogP contribution in [-0.2, 0) is 16.3 Å². The molecule has 0 aliphatic carbocycles. The summed E-state index contributed by atoms with van der Waals surface area (Å²) < 4.78 is 26.8. The van der Waals surface area contributed by atoms with E-state index < -0.39 is 15.9 Å². The Kier molecular flexibility index (Phi) is 5.03. The van der Waals surface area contributed by atoms with Crippen LogP contribution >= 0.6 is 12.2 Å². The zero-order valence-corrected chi connectivity index (χ0v) is 18.4. The van der Waals surface area contributed by atoms with Crippen LogP contribution in [0.15, 0.2) is 93.7 Å². The highest BCUT2D eigenvalue weighted by atomic mass is 32.2. The summed E-state index contributed by atoms with van der Waals surface area (Å²) in [5.74, 6) is 0. The van der Waals surface area contributed by atoms with Crippen molar-refractivity contribution in [1.29, 1.82) is 0 Å². The SMILES string of the molecule is O=C1N=C(c2ccccc2)C(S(=O)(=O)c2ccc3c(c2)CCN3C(=S)c2ccccc2)=N1. The number of fused-ring (bicyclic) bond motifs is 1. The molecule has 0 N–H and O–H groups in total. The monoisotopic (exact) mass is 459 g/mol. The number of carbonyl (C=O) groups excluding carboxylic acids is 1. The van der Waals surface area contributed by atoms with E-state index in [1.807, 2.05) is 35.2 Å². The van der Waals surface area contributed by atoms with Crippen LogP contribution in [0.1, 0.15) is 16.7 Å². The molecule has 0 radical (unpaired) electrons. The second-order valence-electron chi connectivity index (χ2n) is 7.39. The Labute approximate surface area is 190 Å². The van der Waals surface area contributed by atoms with Crippen molar-refractivity contribution >= 4 is 49.5 Å². The summed E-state index contributed by atoms with van der Waals surface area (Å²) in [6, 6.07) is 22.6. The van der Waals surface area contributed by atoms with Crippen LogP contribution in [0.3, 0.4) is 0 Å². The average molecular weight is 460 g/mol. The van der Waals surface area contributed by atoms with Gasteiger partial charge in [-0.3, -0.25) is 0 Å². The molecular weight excluding hydrogens is 442 g/mol. The molecule has 2 aliphatic heterocycles. The van der Waals surface area contributed by atoms with Crippen molar-refractivity contribution in [3.05, 3.63) is 95.6 Å².